The van der Waals surface area contributed by atoms with Gasteiger partial charge in [0.25, 0.3) is 0 Å². The van der Waals surface area contributed by atoms with Crippen molar-refractivity contribution in [2.24, 2.45) is 5.73 Å². The Morgan fingerprint density at radius 1 is 1.40 bits per heavy atom. The van der Waals surface area contributed by atoms with Crippen LogP contribution in [0, 0.1) is 13.8 Å². The highest BCUT2D eigenvalue weighted by atomic mass is 32.2. The first-order chi connectivity index (χ1) is 9.41. The summed E-state index contributed by atoms with van der Waals surface area (Å²) in [6.45, 7) is 4.45. The van der Waals surface area contributed by atoms with Gasteiger partial charge in [-0.3, -0.25) is 0 Å². The van der Waals surface area contributed by atoms with Gasteiger partial charge in [0, 0.05) is 32.3 Å². The molecule has 0 aliphatic carbocycles. The molecule has 1 aromatic rings. The summed E-state index contributed by atoms with van der Waals surface area (Å²) >= 11 is 0. The van der Waals surface area contributed by atoms with Crippen molar-refractivity contribution in [1.29, 1.82) is 0 Å². The minimum atomic E-state index is -3.58. The fraction of sp³-hybridized carbons (Fsp3) is 0.692. The molecule has 2 rings (SSSR count). The molecular formula is C13H22N2O4S. The van der Waals surface area contributed by atoms with E-state index in [-0.39, 0.29) is 17.5 Å². The Morgan fingerprint density at radius 2 is 2.10 bits per heavy atom. The van der Waals surface area contributed by atoms with Crippen molar-refractivity contribution >= 4 is 10.0 Å². The van der Waals surface area contributed by atoms with Crippen LogP contribution in [0.4, 0.5) is 0 Å². The number of furan rings is 1. The molecule has 0 spiro atoms. The minimum absolute atomic E-state index is 0.0480. The quantitative estimate of drug-likeness (QED) is 0.902. The zero-order valence-corrected chi connectivity index (χ0v) is 13.0. The van der Waals surface area contributed by atoms with Gasteiger partial charge in [0.15, 0.2) is 0 Å². The number of rotatable bonds is 4. The van der Waals surface area contributed by atoms with Gasteiger partial charge in [-0.2, -0.15) is 4.31 Å². The fourth-order valence-electron chi connectivity index (χ4n) is 2.73. The number of hydrogen-bond acceptors (Lipinski definition) is 5. The van der Waals surface area contributed by atoms with E-state index in [1.807, 2.05) is 0 Å². The lowest BCUT2D eigenvalue weighted by molar-refractivity contribution is 0.0571. The van der Waals surface area contributed by atoms with E-state index in [0.29, 0.717) is 30.2 Å². The fourth-order valence-corrected chi connectivity index (χ4v) is 4.66. The third-order valence-corrected chi connectivity index (χ3v) is 5.86. The number of hydrogen-bond donors (Lipinski definition) is 1. The molecule has 0 amide bonds. The predicted octanol–water partition coefficient (Wildman–Crippen LogP) is 1.15. The molecule has 0 aromatic carbocycles. The van der Waals surface area contributed by atoms with Crippen LogP contribution in [0.1, 0.15) is 29.9 Å². The summed E-state index contributed by atoms with van der Waals surface area (Å²) in [5.74, 6) is 0.978. The Hall–Kier alpha value is -0.890. The summed E-state index contributed by atoms with van der Waals surface area (Å²) < 4.78 is 37.8. The van der Waals surface area contributed by atoms with Crippen LogP contribution in [0.5, 0.6) is 0 Å². The molecule has 1 atom stereocenters. The number of methoxy groups -OCH3 is 1. The third-order valence-electron chi connectivity index (χ3n) is 3.80. The average molecular weight is 302 g/mol. The van der Waals surface area contributed by atoms with Gasteiger partial charge in [-0.1, -0.05) is 0 Å². The van der Waals surface area contributed by atoms with Gasteiger partial charge in [0.1, 0.15) is 16.4 Å². The van der Waals surface area contributed by atoms with Crippen LogP contribution in [0.3, 0.4) is 0 Å². The van der Waals surface area contributed by atoms with Crippen molar-refractivity contribution in [3.05, 3.63) is 17.1 Å². The van der Waals surface area contributed by atoms with Crippen LogP contribution >= 0.6 is 0 Å². The SMILES string of the molecule is COC1CCCN(S(=O)(=O)c2c(C)oc(C)c2CN)C1. The Balaban J connectivity index is 2.40. The van der Waals surface area contributed by atoms with Crippen molar-refractivity contribution in [3.8, 4) is 0 Å². The number of sulfonamides is 1. The maximum atomic E-state index is 12.8. The molecule has 6 nitrogen and oxygen atoms in total. The molecule has 1 aromatic heterocycles. The van der Waals surface area contributed by atoms with E-state index in [1.54, 1.807) is 21.0 Å². The number of ether oxygens (including phenoxy) is 1. The molecule has 2 N–H and O–H groups in total. The van der Waals surface area contributed by atoms with Crippen molar-refractivity contribution in [2.45, 2.75) is 44.2 Å². The molecule has 1 aliphatic heterocycles. The van der Waals surface area contributed by atoms with E-state index in [4.69, 9.17) is 14.9 Å². The van der Waals surface area contributed by atoms with E-state index < -0.39 is 10.0 Å². The first-order valence-corrected chi connectivity index (χ1v) is 8.17. The number of nitrogens with two attached hydrogens (primary N) is 1. The number of aryl methyl sites for hydroxylation is 2. The number of nitrogens with zero attached hydrogens (tertiary/aromatic N) is 1. The van der Waals surface area contributed by atoms with E-state index >= 15 is 0 Å². The van der Waals surface area contributed by atoms with Crippen molar-refractivity contribution < 1.29 is 17.6 Å². The summed E-state index contributed by atoms with van der Waals surface area (Å²) in [4.78, 5) is 0.231. The van der Waals surface area contributed by atoms with Gasteiger partial charge in [0.2, 0.25) is 10.0 Å². The molecule has 0 radical (unpaired) electrons. The van der Waals surface area contributed by atoms with E-state index in [9.17, 15) is 8.42 Å². The minimum Gasteiger partial charge on any atom is -0.465 e. The molecule has 20 heavy (non-hydrogen) atoms. The maximum Gasteiger partial charge on any atom is 0.246 e. The topological polar surface area (TPSA) is 85.8 Å². The van der Waals surface area contributed by atoms with Crippen LogP contribution in [0.15, 0.2) is 9.31 Å². The lowest BCUT2D eigenvalue weighted by Crippen LogP contribution is -2.43. The maximum absolute atomic E-state index is 12.8. The lowest BCUT2D eigenvalue weighted by Gasteiger charge is -2.31. The zero-order valence-electron chi connectivity index (χ0n) is 12.2. The van der Waals surface area contributed by atoms with Gasteiger partial charge in [-0.15, -0.1) is 0 Å². The highest BCUT2D eigenvalue weighted by Crippen LogP contribution is 2.30. The summed E-state index contributed by atoms with van der Waals surface area (Å²) in [6.07, 6.45) is 1.63. The van der Waals surface area contributed by atoms with Crippen LogP contribution in [-0.4, -0.2) is 39.0 Å². The van der Waals surface area contributed by atoms with Crippen molar-refractivity contribution in [3.63, 3.8) is 0 Å². The summed E-state index contributed by atoms with van der Waals surface area (Å²) in [5.41, 5.74) is 6.25. The van der Waals surface area contributed by atoms with E-state index in [0.717, 1.165) is 12.8 Å². The molecule has 0 saturated carbocycles. The molecule has 1 saturated heterocycles. The third kappa shape index (κ3) is 2.63. The zero-order chi connectivity index (χ0) is 14.9. The second-order valence-corrected chi connectivity index (χ2v) is 6.96. The van der Waals surface area contributed by atoms with Gasteiger partial charge >= 0.3 is 0 Å². The molecule has 0 bridgehead atoms. The average Bonchev–Trinajstić information content (AvgIpc) is 2.73. The van der Waals surface area contributed by atoms with Crippen molar-refractivity contribution in [1.82, 2.24) is 4.31 Å². The molecule has 114 valence electrons. The molecule has 2 heterocycles. The Labute approximate surface area is 119 Å². The lowest BCUT2D eigenvalue weighted by atomic mass is 10.1. The van der Waals surface area contributed by atoms with Gasteiger partial charge in [-0.05, 0) is 26.7 Å². The molecule has 7 heteroatoms. The summed E-state index contributed by atoms with van der Waals surface area (Å²) in [5, 5.41) is 0. The normalized spacial score (nSPS) is 21.3. The predicted molar refractivity (Wildman–Crippen MR) is 74.9 cm³/mol. The number of piperidine rings is 1. The highest BCUT2D eigenvalue weighted by Gasteiger charge is 2.35. The van der Waals surface area contributed by atoms with E-state index in [2.05, 4.69) is 0 Å². The second-order valence-electron chi connectivity index (χ2n) is 5.09. The Bertz CT molecular complexity index is 579. The van der Waals surface area contributed by atoms with Crippen LogP contribution in [0.2, 0.25) is 0 Å². The second kappa shape index (κ2) is 5.85. The van der Waals surface area contributed by atoms with Crippen molar-refractivity contribution in [2.75, 3.05) is 20.2 Å². The molecule has 1 fully saturated rings. The largest absolute Gasteiger partial charge is 0.465 e. The standard InChI is InChI=1S/C13H22N2O4S/c1-9-12(7-14)13(10(2)19-9)20(16,17)15-6-4-5-11(8-15)18-3/h11H,4-8,14H2,1-3H3. The highest BCUT2D eigenvalue weighted by molar-refractivity contribution is 7.89. The van der Waals surface area contributed by atoms with Crippen LogP contribution in [0.25, 0.3) is 0 Å². The van der Waals surface area contributed by atoms with Gasteiger partial charge < -0.3 is 14.9 Å². The van der Waals surface area contributed by atoms with E-state index in [1.165, 1.54) is 4.31 Å². The summed E-state index contributed by atoms with van der Waals surface area (Å²) in [6, 6.07) is 0. The molecule has 1 aliphatic rings. The van der Waals surface area contributed by atoms with Crippen LogP contribution < -0.4 is 5.73 Å². The molecular weight excluding hydrogens is 280 g/mol. The smallest absolute Gasteiger partial charge is 0.246 e. The van der Waals surface area contributed by atoms with Gasteiger partial charge in [-0.25, -0.2) is 8.42 Å². The van der Waals surface area contributed by atoms with Gasteiger partial charge in [0.05, 0.1) is 6.10 Å². The summed E-state index contributed by atoms with van der Waals surface area (Å²) in [7, 11) is -1.97. The monoisotopic (exact) mass is 302 g/mol. The van der Waals surface area contributed by atoms with Crippen LogP contribution in [-0.2, 0) is 21.3 Å². The Morgan fingerprint density at radius 3 is 2.70 bits per heavy atom. The first kappa shape index (κ1) is 15.5. The first-order valence-electron chi connectivity index (χ1n) is 6.73. The molecule has 1 unspecified atom stereocenters. The Kier molecular flexibility index (Phi) is 4.53.